The van der Waals surface area contributed by atoms with Crippen LogP contribution in [0.15, 0.2) is 29.2 Å². The first-order valence-electron chi connectivity index (χ1n) is 5.63. The first-order chi connectivity index (χ1) is 7.63. The van der Waals surface area contributed by atoms with Crippen LogP contribution in [0.4, 0.5) is 0 Å². The minimum Gasteiger partial charge on any atom is -0.352 e. The van der Waals surface area contributed by atoms with Gasteiger partial charge in [0.2, 0.25) is 5.91 Å². The lowest BCUT2D eigenvalue weighted by molar-refractivity contribution is -0.124. The minimum absolute atomic E-state index is 0.0509. The number of benzene rings is 1. The zero-order valence-electron chi connectivity index (χ0n) is 10.1. The van der Waals surface area contributed by atoms with Crippen LogP contribution in [0.25, 0.3) is 0 Å². The van der Waals surface area contributed by atoms with Crippen LogP contribution in [0.2, 0.25) is 0 Å². The lowest BCUT2D eigenvalue weighted by Gasteiger charge is -2.08. The molecule has 1 amide bonds. The third kappa shape index (κ3) is 4.27. The number of nitrogens with one attached hydrogen (secondary N) is 1. The molecule has 16 heavy (non-hydrogen) atoms. The molecule has 0 heterocycles. The van der Waals surface area contributed by atoms with Gasteiger partial charge >= 0.3 is 0 Å². The second-order valence-electron chi connectivity index (χ2n) is 3.95. The van der Waals surface area contributed by atoms with E-state index in [0.717, 1.165) is 11.3 Å². The molecule has 0 atom stereocenters. The standard InChI is InChI=1S/C13H19NOS/c1-4-16-12-7-5-11(6-8-12)9-14-13(15)10(2)3/h5-8,10H,4,9H2,1-3H3,(H,14,15). The normalized spacial score (nSPS) is 10.5. The summed E-state index contributed by atoms with van der Waals surface area (Å²) in [7, 11) is 0. The van der Waals surface area contributed by atoms with Crippen LogP contribution in [0.5, 0.6) is 0 Å². The topological polar surface area (TPSA) is 29.1 Å². The highest BCUT2D eigenvalue weighted by Crippen LogP contribution is 2.17. The first kappa shape index (κ1) is 13.1. The Balaban J connectivity index is 2.46. The number of carbonyl (C=O) groups is 1. The molecule has 0 bridgehead atoms. The number of hydrogen-bond donors (Lipinski definition) is 1. The molecule has 0 aliphatic carbocycles. The Labute approximate surface area is 102 Å². The van der Waals surface area contributed by atoms with Gasteiger partial charge in [0.25, 0.3) is 0 Å². The fraction of sp³-hybridized carbons (Fsp3) is 0.462. The Kier molecular flexibility index (Phi) is 5.39. The Hall–Kier alpha value is -0.960. The zero-order valence-corrected chi connectivity index (χ0v) is 10.9. The molecule has 1 aromatic rings. The average Bonchev–Trinajstić information content (AvgIpc) is 2.28. The van der Waals surface area contributed by atoms with E-state index in [-0.39, 0.29) is 11.8 Å². The van der Waals surface area contributed by atoms with E-state index < -0.39 is 0 Å². The smallest absolute Gasteiger partial charge is 0.222 e. The Morgan fingerprint density at radius 2 is 1.94 bits per heavy atom. The second-order valence-corrected chi connectivity index (χ2v) is 5.29. The summed E-state index contributed by atoms with van der Waals surface area (Å²) >= 11 is 1.83. The largest absolute Gasteiger partial charge is 0.352 e. The van der Waals surface area contributed by atoms with Gasteiger partial charge in [-0.2, -0.15) is 0 Å². The van der Waals surface area contributed by atoms with E-state index >= 15 is 0 Å². The van der Waals surface area contributed by atoms with Gasteiger partial charge in [0, 0.05) is 17.4 Å². The van der Waals surface area contributed by atoms with Crippen LogP contribution in [-0.4, -0.2) is 11.7 Å². The minimum atomic E-state index is 0.0509. The number of hydrogen-bond acceptors (Lipinski definition) is 2. The van der Waals surface area contributed by atoms with Gasteiger partial charge in [-0.1, -0.05) is 32.9 Å². The van der Waals surface area contributed by atoms with Crippen molar-refractivity contribution in [3.8, 4) is 0 Å². The molecule has 0 radical (unpaired) electrons. The van der Waals surface area contributed by atoms with Crippen LogP contribution < -0.4 is 5.32 Å². The Morgan fingerprint density at radius 3 is 2.44 bits per heavy atom. The molecule has 0 spiro atoms. The van der Waals surface area contributed by atoms with E-state index in [4.69, 9.17) is 0 Å². The van der Waals surface area contributed by atoms with Gasteiger partial charge in [-0.3, -0.25) is 4.79 Å². The quantitative estimate of drug-likeness (QED) is 0.797. The molecule has 0 aliphatic heterocycles. The number of carbonyl (C=O) groups excluding carboxylic acids is 1. The molecule has 3 heteroatoms. The van der Waals surface area contributed by atoms with E-state index in [1.807, 2.05) is 25.6 Å². The second kappa shape index (κ2) is 6.59. The highest BCUT2D eigenvalue weighted by Gasteiger charge is 2.05. The van der Waals surface area contributed by atoms with Crippen LogP contribution in [0.1, 0.15) is 26.3 Å². The van der Waals surface area contributed by atoms with Crippen molar-refractivity contribution in [2.45, 2.75) is 32.2 Å². The van der Waals surface area contributed by atoms with Crippen LogP contribution >= 0.6 is 11.8 Å². The van der Waals surface area contributed by atoms with Crippen molar-refractivity contribution in [1.29, 1.82) is 0 Å². The van der Waals surface area contributed by atoms with Crippen LogP contribution in [-0.2, 0) is 11.3 Å². The maximum absolute atomic E-state index is 11.4. The molecule has 1 rings (SSSR count). The monoisotopic (exact) mass is 237 g/mol. The number of rotatable bonds is 5. The van der Waals surface area contributed by atoms with Gasteiger partial charge in [0.05, 0.1) is 0 Å². The van der Waals surface area contributed by atoms with Crippen molar-refractivity contribution in [2.24, 2.45) is 5.92 Å². The first-order valence-corrected chi connectivity index (χ1v) is 6.61. The summed E-state index contributed by atoms with van der Waals surface area (Å²) < 4.78 is 0. The van der Waals surface area contributed by atoms with Crippen molar-refractivity contribution in [2.75, 3.05) is 5.75 Å². The lowest BCUT2D eigenvalue weighted by Crippen LogP contribution is -2.27. The van der Waals surface area contributed by atoms with E-state index in [0.29, 0.717) is 6.54 Å². The van der Waals surface area contributed by atoms with Crippen molar-refractivity contribution in [1.82, 2.24) is 5.32 Å². The van der Waals surface area contributed by atoms with Crippen molar-refractivity contribution in [3.05, 3.63) is 29.8 Å². The molecule has 88 valence electrons. The molecule has 0 saturated heterocycles. The molecular weight excluding hydrogens is 218 g/mol. The van der Waals surface area contributed by atoms with E-state index in [1.54, 1.807) is 0 Å². The number of thioether (sulfide) groups is 1. The molecule has 0 aliphatic rings. The summed E-state index contributed by atoms with van der Waals surface area (Å²) in [5.41, 5.74) is 1.15. The fourth-order valence-electron chi connectivity index (χ4n) is 1.26. The highest BCUT2D eigenvalue weighted by molar-refractivity contribution is 7.99. The molecular formula is C13H19NOS. The van der Waals surface area contributed by atoms with Gasteiger partial charge in [-0.05, 0) is 23.4 Å². The van der Waals surface area contributed by atoms with Gasteiger partial charge in [0.1, 0.15) is 0 Å². The fourth-order valence-corrected chi connectivity index (χ4v) is 1.93. The summed E-state index contributed by atoms with van der Waals surface area (Å²) in [5, 5.41) is 2.90. The summed E-state index contributed by atoms with van der Waals surface area (Å²) in [5.74, 6) is 1.24. The third-order valence-electron chi connectivity index (χ3n) is 2.23. The summed E-state index contributed by atoms with van der Waals surface area (Å²) in [6.45, 7) is 6.56. The van der Waals surface area contributed by atoms with E-state index in [2.05, 4.69) is 36.5 Å². The SMILES string of the molecule is CCSc1ccc(CNC(=O)C(C)C)cc1. The average molecular weight is 237 g/mol. The van der Waals surface area contributed by atoms with Gasteiger partial charge in [0.15, 0.2) is 0 Å². The third-order valence-corrected chi connectivity index (χ3v) is 3.12. The predicted octanol–water partition coefficient (Wildman–Crippen LogP) is 3.07. The summed E-state index contributed by atoms with van der Waals surface area (Å²) in [6, 6.07) is 8.34. The maximum Gasteiger partial charge on any atom is 0.222 e. The molecule has 0 saturated carbocycles. The predicted molar refractivity (Wildman–Crippen MR) is 69.5 cm³/mol. The Bertz CT molecular complexity index is 332. The number of amides is 1. The zero-order chi connectivity index (χ0) is 12.0. The van der Waals surface area contributed by atoms with Gasteiger partial charge < -0.3 is 5.32 Å². The van der Waals surface area contributed by atoms with Gasteiger partial charge in [-0.15, -0.1) is 11.8 Å². The van der Waals surface area contributed by atoms with Gasteiger partial charge in [-0.25, -0.2) is 0 Å². The summed E-state index contributed by atoms with van der Waals surface area (Å²) in [4.78, 5) is 12.6. The molecule has 2 nitrogen and oxygen atoms in total. The summed E-state index contributed by atoms with van der Waals surface area (Å²) in [6.07, 6.45) is 0. The molecule has 1 N–H and O–H groups in total. The van der Waals surface area contributed by atoms with Crippen molar-refractivity contribution in [3.63, 3.8) is 0 Å². The van der Waals surface area contributed by atoms with Crippen LogP contribution in [0.3, 0.4) is 0 Å². The lowest BCUT2D eigenvalue weighted by atomic mass is 10.2. The molecule has 0 fully saturated rings. The van der Waals surface area contributed by atoms with Crippen molar-refractivity contribution >= 4 is 17.7 Å². The highest BCUT2D eigenvalue weighted by atomic mass is 32.2. The molecule has 1 aromatic carbocycles. The van der Waals surface area contributed by atoms with E-state index in [1.165, 1.54) is 4.90 Å². The molecule has 0 aromatic heterocycles. The van der Waals surface area contributed by atoms with Crippen LogP contribution in [0, 0.1) is 5.92 Å². The van der Waals surface area contributed by atoms with Crippen molar-refractivity contribution < 1.29 is 4.79 Å². The Morgan fingerprint density at radius 1 is 1.31 bits per heavy atom. The molecule has 0 unspecified atom stereocenters. The maximum atomic E-state index is 11.4. The van der Waals surface area contributed by atoms with E-state index in [9.17, 15) is 4.79 Å².